The van der Waals surface area contributed by atoms with Crippen LogP contribution in [-0.2, 0) is 4.74 Å². The minimum Gasteiger partial charge on any atom is -0.374 e. The Bertz CT molecular complexity index is 377. The summed E-state index contributed by atoms with van der Waals surface area (Å²) in [6.07, 6.45) is 1.53. The van der Waals surface area contributed by atoms with Gasteiger partial charge in [0.2, 0.25) is 0 Å². The third-order valence-corrected chi connectivity index (χ3v) is 2.67. The maximum absolute atomic E-state index is 11.8. The highest BCUT2D eigenvalue weighted by Gasteiger charge is 2.18. The second-order valence-corrected chi connectivity index (χ2v) is 5.06. The molecule has 1 aromatic rings. The molecule has 1 amide bonds. The number of hydrogen-bond donors (Lipinski definition) is 1. The molecular formula is C12H17BrN2O2. The first-order valence-electron chi connectivity index (χ1n) is 5.48. The van der Waals surface area contributed by atoms with Crippen LogP contribution >= 0.6 is 15.9 Å². The van der Waals surface area contributed by atoms with Crippen LogP contribution in [0.3, 0.4) is 0 Å². The fourth-order valence-corrected chi connectivity index (χ4v) is 1.58. The molecule has 0 aliphatic carbocycles. The van der Waals surface area contributed by atoms with Crippen molar-refractivity contribution in [3.05, 3.63) is 28.5 Å². The summed E-state index contributed by atoms with van der Waals surface area (Å²) in [5.41, 5.74) is 0.188. The number of carbonyl (C=O) groups excluding carboxylic acids is 1. The van der Waals surface area contributed by atoms with Crippen molar-refractivity contribution in [1.82, 2.24) is 10.3 Å². The zero-order valence-corrected chi connectivity index (χ0v) is 11.9. The van der Waals surface area contributed by atoms with Gasteiger partial charge in [-0.25, -0.2) is 4.98 Å². The number of pyridine rings is 1. The Hall–Kier alpha value is -0.940. The molecule has 5 heteroatoms. The highest BCUT2D eigenvalue weighted by Crippen LogP contribution is 2.09. The Morgan fingerprint density at radius 1 is 1.53 bits per heavy atom. The number of aromatic nitrogens is 1. The Morgan fingerprint density at radius 3 is 2.76 bits per heavy atom. The molecule has 0 atom stereocenters. The van der Waals surface area contributed by atoms with Crippen LogP contribution in [0.1, 0.15) is 31.1 Å². The van der Waals surface area contributed by atoms with Gasteiger partial charge in [-0.15, -0.1) is 0 Å². The van der Waals surface area contributed by atoms with E-state index in [9.17, 15) is 4.79 Å². The van der Waals surface area contributed by atoms with Crippen LogP contribution in [0.15, 0.2) is 22.9 Å². The minimum atomic E-state index is -0.354. The topological polar surface area (TPSA) is 51.2 Å². The van der Waals surface area contributed by atoms with Gasteiger partial charge < -0.3 is 10.1 Å². The van der Waals surface area contributed by atoms with E-state index in [2.05, 4.69) is 26.2 Å². The van der Waals surface area contributed by atoms with Gasteiger partial charge >= 0.3 is 0 Å². The molecule has 1 rings (SSSR count). The Kier molecular flexibility index (Phi) is 5.08. The minimum absolute atomic E-state index is 0.141. The van der Waals surface area contributed by atoms with Crippen LogP contribution in [0.25, 0.3) is 0 Å². The van der Waals surface area contributed by atoms with Gasteiger partial charge in [0.1, 0.15) is 4.60 Å². The molecule has 1 N–H and O–H groups in total. The second-order valence-electron chi connectivity index (χ2n) is 4.24. The van der Waals surface area contributed by atoms with E-state index in [4.69, 9.17) is 4.74 Å². The number of amides is 1. The van der Waals surface area contributed by atoms with Crippen LogP contribution in [0.2, 0.25) is 0 Å². The van der Waals surface area contributed by atoms with E-state index in [1.165, 1.54) is 6.20 Å². The average molecular weight is 301 g/mol. The zero-order valence-electron chi connectivity index (χ0n) is 10.3. The monoisotopic (exact) mass is 300 g/mol. The third-order valence-electron chi connectivity index (χ3n) is 2.20. The first-order chi connectivity index (χ1) is 7.94. The van der Waals surface area contributed by atoms with Crippen molar-refractivity contribution in [2.45, 2.75) is 26.4 Å². The standard InChI is InChI=1S/C12H17BrN2O2/c1-4-17-12(2,3)8-15-11(16)9-5-6-10(13)14-7-9/h5-7H,4,8H2,1-3H3,(H,15,16). The summed E-state index contributed by atoms with van der Waals surface area (Å²) >= 11 is 3.22. The van der Waals surface area contributed by atoms with Gasteiger partial charge in [-0.2, -0.15) is 0 Å². The van der Waals surface area contributed by atoms with Gasteiger partial charge in [0.15, 0.2) is 0 Å². The number of carbonyl (C=O) groups is 1. The molecule has 0 radical (unpaired) electrons. The first kappa shape index (κ1) is 14.1. The molecule has 0 unspecified atom stereocenters. The third kappa shape index (κ3) is 4.83. The predicted molar refractivity (Wildman–Crippen MR) is 70.0 cm³/mol. The van der Waals surface area contributed by atoms with Gasteiger partial charge in [-0.1, -0.05) is 0 Å². The van der Waals surface area contributed by atoms with Crippen molar-refractivity contribution >= 4 is 21.8 Å². The van der Waals surface area contributed by atoms with Crippen LogP contribution < -0.4 is 5.32 Å². The number of halogens is 1. The van der Waals surface area contributed by atoms with Crippen LogP contribution in [-0.4, -0.2) is 29.6 Å². The van der Waals surface area contributed by atoms with Crippen molar-refractivity contribution in [3.63, 3.8) is 0 Å². The Labute approximate surface area is 110 Å². The van der Waals surface area contributed by atoms with E-state index >= 15 is 0 Å². The number of nitrogens with one attached hydrogen (secondary N) is 1. The molecule has 0 aliphatic rings. The molecule has 0 aromatic carbocycles. The number of rotatable bonds is 5. The van der Waals surface area contributed by atoms with Crippen molar-refractivity contribution in [2.75, 3.05) is 13.2 Å². The summed E-state index contributed by atoms with van der Waals surface area (Å²) in [6, 6.07) is 3.46. The lowest BCUT2D eigenvalue weighted by Gasteiger charge is -2.24. The van der Waals surface area contributed by atoms with Gasteiger partial charge in [0, 0.05) is 19.3 Å². The SMILES string of the molecule is CCOC(C)(C)CNC(=O)c1ccc(Br)nc1. The van der Waals surface area contributed by atoms with E-state index < -0.39 is 0 Å². The van der Waals surface area contributed by atoms with Crippen LogP contribution in [0, 0.1) is 0 Å². The summed E-state index contributed by atoms with van der Waals surface area (Å²) in [5.74, 6) is -0.141. The van der Waals surface area contributed by atoms with Crippen LogP contribution in [0.5, 0.6) is 0 Å². The molecule has 0 fully saturated rings. The van der Waals surface area contributed by atoms with Crippen molar-refractivity contribution in [3.8, 4) is 0 Å². The van der Waals surface area contributed by atoms with Gasteiger partial charge in [-0.3, -0.25) is 4.79 Å². The Balaban J connectivity index is 2.53. The van der Waals surface area contributed by atoms with Crippen LogP contribution in [0.4, 0.5) is 0 Å². The number of hydrogen-bond acceptors (Lipinski definition) is 3. The second kappa shape index (κ2) is 6.12. The molecule has 1 aromatic heterocycles. The van der Waals surface area contributed by atoms with E-state index in [0.717, 1.165) is 0 Å². The molecule has 0 saturated heterocycles. The largest absolute Gasteiger partial charge is 0.374 e. The van der Waals surface area contributed by atoms with Gasteiger partial charge in [0.05, 0.1) is 11.2 Å². The lowest BCUT2D eigenvalue weighted by Crippen LogP contribution is -2.40. The van der Waals surface area contributed by atoms with Crippen molar-refractivity contribution < 1.29 is 9.53 Å². The summed E-state index contributed by atoms with van der Waals surface area (Å²) < 4.78 is 6.21. The lowest BCUT2D eigenvalue weighted by atomic mass is 10.1. The molecular weight excluding hydrogens is 284 g/mol. The fraction of sp³-hybridized carbons (Fsp3) is 0.500. The maximum atomic E-state index is 11.8. The average Bonchev–Trinajstić information content (AvgIpc) is 2.27. The molecule has 0 aliphatic heterocycles. The molecule has 4 nitrogen and oxygen atoms in total. The van der Waals surface area contributed by atoms with Crippen molar-refractivity contribution in [1.29, 1.82) is 0 Å². The summed E-state index contributed by atoms with van der Waals surface area (Å²) in [7, 11) is 0. The molecule has 0 spiro atoms. The van der Waals surface area contributed by atoms with Crippen molar-refractivity contribution in [2.24, 2.45) is 0 Å². The lowest BCUT2D eigenvalue weighted by molar-refractivity contribution is -0.00815. The molecule has 1 heterocycles. The summed E-state index contributed by atoms with van der Waals surface area (Å²) in [4.78, 5) is 15.8. The summed E-state index contributed by atoms with van der Waals surface area (Å²) in [6.45, 7) is 6.91. The maximum Gasteiger partial charge on any atom is 0.252 e. The first-order valence-corrected chi connectivity index (χ1v) is 6.27. The molecule has 94 valence electrons. The van der Waals surface area contributed by atoms with E-state index in [1.54, 1.807) is 12.1 Å². The number of nitrogens with zero attached hydrogens (tertiary/aromatic N) is 1. The number of ether oxygens (including phenoxy) is 1. The fourth-order valence-electron chi connectivity index (χ4n) is 1.35. The highest BCUT2D eigenvalue weighted by molar-refractivity contribution is 9.10. The van der Waals surface area contributed by atoms with Gasteiger partial charge in [-0.05, 0) is 48.8 Å². The molecule has 0 bridgehead atoms. The summed E-state index contributed by atoms with van der Waals surface area (Å²) in [5, 5.41) is 2.82. The normalized spacial score (nSPS) is 11.3. The zero-order chi connectivity index (χ0) is 12.9. The van der Waals surface area contributed by atoms with Gasteiger partial charge in [0.25, 0.3) is 5.91 Å². The van der Waals surface area contributed by atoms with E-state index in [1.807, 2.05) is 20.8 Å². The van der Waals surface area contributed by atoms with E-state index in [-0.39, 0.29) is 11.5 Å². The molecule has 17 heavy (non-hydrogen) atoms. The quantitative estimate of drug-likeness (QED) is 0.850. The predicted octanol–water partition coefficient (Wildman–Crippen LogP) is 2.39. The smallest absolute Gasteiger partial charge is 0.252 e. The Morgan fingerprint density at radius 2 is 2.24 bits per heavy atom. The highest BCUT2D eigenvalue weighted by atomic mass is 79.9. The molecule has 0 saturated carbocycles. The van der Waals surface area contributed by atoms with E-state index in [0.29, 0.717) is 23.3 Å².